The van der Waals surface area contributed by atoms with Gasteiger partial charge in [-0.2, -0.15) is 0 Å². The smallest absolute Gasteiger partial charge is 0.410 e. The molecule has 0 bridgehead atoms. The van der Waals surface area contributed by atoms with E-state index < -0.39 is 11.7 Å². The molecule has 7 heteroatoms. The van der Waals surface area contributed by atoms with Gasteiger partial charge in [-0.1, -0.05) is 36.4 Å². The molecule has 3 amide bonds. The fraction of sp³-hybridized carbons (Fsp3) is 0.348. The summed E-state index contributed by atoms with van der Waals surface area (Å²) in [6, 6.07) is 14.1. The Morgan fingerprint density at radius 3 is 2.23 bits per heavy atom. The zero-order valence-electron chi connectivity index (χ0n) is 16.8. The molecule has 1 N–H and O–H groups in total. The van der Waals surface area contributed by atoms with Gasteiger partial charge in [0.2, 0.25) is 0 Å². The maximum absolute atomic E-state index is 12.5. The fourth-order valence-electron chi connectivity index (χ4n) is 3.79. The van der Waals surface area contributed by atoms with E-state index in [0.717, 1.165) is 11.1 Å². The van der Waals surface area contributed by atoms with Crippen molar-refractivity contribution in [1.29, 1.82) is 0 Å². The Hall–Kier alpha value is -3.19. The second kappa shape index (κ2) is 7.91. The maximum atomic E-state index is 12.5. The molecule has 2 aromatic rings. The Balaban J connectivity index is 1.36. The zero-order chi connectivity index (χ0) is 21.3. The molecule has 0 aromatic heterocycles. The number of rotatable bonds is 4. The molecule has 0 atom stereocenters. The van der Waals surface area contributed by atoms with Crippen LogP contribution in [0.25, 0.3) is 0 Å². The van der Waals surface area contributed by atoms with Crippen LogP contribution in [0.3, 0.4) is 0 Å². The largest absolute Gasteiger partial charge is 0.445 e. The van der Waals surface area contributed by atoms with Gasteiger partial charge in [-0.25, -0.2) is 4.79 Å². The fourth-order valence-corrected chi connectivity index (χ4v) is 3.79. The predicted octanol–water partition coefficient (Wildman–Crippen LogP) is 2.97. The molecule has 2 heterocycles. The van der Waals surface area contributed by atoms with Crippen LogP contribution in [0, 0.1) is 0 Å². The summed E-state index contributed by atoms with van der Waals surface area (Å²) in [6.07, 6.45) is 0.645. The average Bonchev–Trinajstić information content (AvgIpc) is 2.97. The van der Waals surface area contributed by atoms with Gasteiger partial charge in [-0.3, -0.25) is 14.5 Å². The monoisotopic (exact) mass is 408 g/mol. The van der Waals surface area contributed by atoms with E-state index in [0.29, 0.717) is 37.1 Å². The summed E-state index contributed by atoms with van der Waals surface area (Å²) in [4.78, 5) is 40.2. The van der Waals surface area contributed by atoms with E-state index in [1.54, 1.807) is 36.1 Å². The number of benzene rings is 2. The highest BCUT2D eigenvalue weighted by atomic mass is 16.6. The Kier molecular flexibility index (Phi) is 5.30. The van der Waals surface area contributed by atoms with Gasteiger partial charge in [0.1, 0.15) is 6.61 Å². The average molecular weight is 408 g/mol. The standard InChI is InChI=1S/C23H24N2O5/c1-23(29)9-11-24(12-10-23)22(28)30-15-17-6-4-5-16(13-17)14-25-20(26)18-7-2-3-8-19(18)21(25)27/h2-8,13,29H,9-12,14-15H2,1H3. The summed E-state index contributed by atoms with van der Waals surface area (Å²) in [5.74, 6) is -0.596. The summed E-state index contributed by atoms with van der Waals surface area (Å²) < 4.78 is 5.41. The van der Waals surface area contributed by atoms with Gasteiger partial charge in [0.25, 0.3) is 11.8 Å². The molecule has 0 aliphatic carbocycles. The van der Waals surface area contributed by atoms with Crippen molar-refractivity contribution in [2.24, 2.45) is 0 Å². The Bertz CT molecular complexity index is 956. The van der Waals surface area contributed by atoms with Gasteiger partial charge in [0.05, 0.1) is 23.3 Å². The number of nitrogens with zero attached hydrogens (tertiary/aromatic N) is 2. The number of hydrogen-bond acceptors (Lipinski definition) is 5. The number of carbonyl (C=O) groups is 3. The second-order valence-electron chi connectivity index (χ2n) is 8.10. The minimum atomic E-state index is -0.727. The number of piperidine rings is 1. The van der Waals surface area contributed by atoms with Gasteiger partial charge < -0.3 is 14.7 Å². The first kappa shape index (κ1) is 20.1. The van der Waals surface area contributed by atoms with E-state index in [2.05, 4.69) is 0 Å². The number of amides is 3. The third-order valence-electron chi connectivity index (χ3n) is 5.67. The molecule has 156 valence electrons. The maximum Gasteiger partial charge on any atom is 0.410 e. The van der Waals surface area contributed by atoms with Crippen LogP contribution >= 0.6 is 0 Å². The van der Waals surface area contributed by atoms with Crippen molar-refractivity contribution < 1.29 is 24.2 Å². The van der Waals surface area contributed by atoms with Crippen LogP contribution < -0.4 is 0 Å². The molecule has 2 aromatic carbocycles. The number of aliphatic hydroxyl groups is 1. The second-order valence-corrected chi connectivity index (χ2v) is 8.10. The van der Waals surface area contributed by atoms with Crippen LogP contribution in [-0.4, -0.2) is 51.5 Å². The Labute approximate surface area is 174 Å². The summed E-state index contributed by atoms with van der Waals surface area (Å²) in [6.45, 7) is 2.96. The number of ether oxygens (including phenoxy) is 1. The van der Waals surface area contributed by atoms with Crippen molar-refractivity contribution in [1.82, 2.24) is 9.80 Å². The van der Waals surface area contributed by atoms with Gasteiger partial charge in [0, 0.05) is 13.1 Å². The summed E-state index contributed by atoms with van der Waals surface area (Å²) >= 11 is 0. The zero-order valence-corrected chi connectivity index (χ0v) is 16.8. The summed E-state index contributed by atoms with van der Waals surface area (Å²) in [7, 11) is 0. The van der Waals surface area contributed by atoms with Crippen LogP contribution in [-0.2, 0) is 17.9 Å². The molecule has 30 heavy (non-hydrogen) atoms. The van der Waals surface area contributed by atoms with Crippen molar-refractivity contribution in [2.75, 3.05) is 13.1 Å². The Morgan fingerprint density at radius 2 is 1.60 bits per heavy atom. The van der Waals surface area contributed by atoms with Crippen LogP contribution in [0.5, 0.6) is 0 Å². The highest BCUT2D eigenvalue weighted by Crippen LogP contribution is 2.25. The van der Waals surface area contributed by atoms with E-state index in [4.69, 9.17) is 4.74 Å². The minimum absolute atomic E-state index is 0.0989. The van der Waals surface area contributed by atoms with Crippen LogP contribution in [0.1, 0.15) is 51.6 Å². The number of fused-ring (bicyclic) bond motifs is 1. The molecule has 1 fully saturated rings. The normalized spacial score (nSPS) is 17.8. The highest BCUT2D eigenvalue weighted by molar-refractivity contribution is 6.21. The lowest BCUT2D eigenvalue weighted by molar-refractivity contribution is -0.00678. The Morgan fingerprint density at radius 1 is 1.00 bits per heavy atom. The van der Waals surface area contributed by atoms with Crippen LogP contribution in [0.4, 0.5) is 4.79 Å². The SMILES string of the molecule is CC1(O)CCN(C(=O)OCc2cccc(CN3C(=O)c4ccccc4C3=O)c2)CC1. The lowest BCUT2D eigenvalue weighted by atomic mass is 9.94. The van der Waals surface area contributed by atoms with Gasteiger partial charge in [-0.05, 0) is 43.0 Å². The molecule has 0 spiro atoms. The van der Waals surface area contributed by atoms with E-state index >= 15 is 0 Å². The van der Waals surface area contributed by atoms with Crippen molar-refractivity contribution in [2.45, 2.75) is 38.5 Å². The third-order valence-corrected chi connectivity index (χ3v) is 5.67. The van der Waals surface area contributed by atoms with E-state index in [-0.39, 0.29) is 25.0 Å². The topological polar surface area (TPSA) is 87.2 Å². The lowest BCUT2D eigenvalue weighted by Crippen LogP contribution is -2.45. The van der Waals surface area contributed by atoms with Gasteiger partial charge in [0.15, 0.2) is 0 Å². The molecule has 2 aliphatic heterocycles. The molecular formula is C23H24N2O5. The van der Waals surface area contributed by atoms with Gasteiger partial charge in [-0.15, -0.1) is 0 Å². The number of imide groups is 1. The molecule has 4 rings (SSSR count). The van der Waals surface area contributed by atoms with Crippen molar-refractivity contribution >= 4 is 17.9 Å². The molecule has 0 saturated carbocycles. The third kappa shape index (κ3) is 4.07. The summed E-state index contributed by atoms with van der Waals surface area (Å²) in [5.41, 5.74) is 1.68. The predicted molar refractivity (Wildman–Crippen MR) is 109 cm³/mol. The van der Waals surface area contributed by atoms with Crippen LogP contribution in [0.2, 0.25) is 0 Å². The molecule has 0 radical (unpaired) electrons. The molecule has 7 nitrogen and oxygen atoms in total. The van der Waals surface area contributed by atoms with Crippen molar-refractivity contribution in [3.63, 3.8) is 0 Å². The first-order chi connectivity index (χ1) is 14.3. The van der Waals surface area contributed by atoms with Crippen molar-refractivity contribution in [3.05, 3.63) is 70.8 Å². The summed E-state index contributed by atoms with van der Waals surface area (Å²) in [5, 5.41) is 9.99. The minimum Gasteiger partial charge on any atom is -0.445 e. The van der Waals surface area contributed by atoms with E-state index in [9.17, 15) is 19.5 Å². The van der Waals surface area contributed by atoms with E-state index in [1.165, 1.54) is 4.90 Å². The number of hydrogen-bond donors (Lipinski definition) is 1. The molecule has 2 aliphatic rings. The lowest BCUT2D eigenvalue weighted by Gasteiger charge is -2.35. The van der Waals surface area contributed by atoms with Gasteiger partial charge >= 0.3 is 6.09 Å². The molecule has 0 unspecified atom stereocenters. The quantitative estimate of drug-likeness (QED) is 0.786. The first-order valence-corrected chi connectivity index (χ1v) is 10.0. The van der Waals surface area contributed by atoms with Crippen LogP contribution in [0.15, 0.2) is 48.5 Å². The van der Waals surface area contributed by atoms with E-state index in [1.807, 2.05) is 24.3 Å². The number of carbonyl (C=O) groups excluding carboxylic acids is 3. The van der Waals surface area contributed by atoms with Crippen molar-refractivity contribution in [3.8, 4) is 0 Å². The molecule has 1 saturated heterocycles. The molecular weight excluding hydrogens is 384 g/mol. The first-order valence-electron chi connectivity index (χ1n) is 10.0. The highest BCUT2D eigenvalue weighted by Gasteiger charge is 2.35. The number of likely N-dealkylation sites (tertiary alicyclic amines) is 1.